The number of aliphatic hydroxyl groups excluding tert-OH is 1. The third-order valence-corrected chi connectivity index (χ3v) is 5.44. The van der Waals surface area contributed by atoms with Crippen molar-refractivity contribution in [2.45, 2.75) is 19.4 Å². The Morgan fingerprint density at radius 1 is 1.18 bits per heavy atom. The van der Waals surface area contributed by atoms with Crippen LogP contribution in [-0.2, 0) is 9.59 Å². The Kier molecular flexibility index (Phi) is 8.43. The SMILES string of the molecule is C=CCOc1ccc(C2C(=C(O)c3ccncc3)C(=O)C(=O)N2CCCN(C)C)cc1OCC. The molecule has 0 spiro atoms. The molecule has 3 rings (SSSR count). The van der Waals surface area contributed by atoms with E-state index in [9.17, 15) is 14.7 Å². The zero-order valence-electron chi connectivity index (χ0n) is 19.9. The Morgan fingerprint density at radius 2 is 1.91 bits per heavy atom. The second-order valence-electron chi connectivity index (χ2n) is 8.12. The van der Waals surface area contributed by atoms with Gasteiger partial charge in [-0.15, -0.1) is 0 Å². The Morgan fingerprint density at radius 3 is 2.56 bits per heavy atom. The van der Waals surface area contributed by atoms with Gasteiger partial charge in [0.05, 0.1) is 18.2 Å². The number of rotatable bonds is 11. The summed E-state index contributed by atoms with van der Waals surface area (Å²) in [6.07, 6.45) is 5.36. The van der Waals surface area contributed by atoms with Crippen molar-refractivity contribution in [3.63, 3.8) is 0 Å². The Labute approximate surface area is 200 Å². The van der Waals surface area contributed by atoms with E-state index >= 15 is 0 Å². The van der Waals surface area contributed by atoms with Crippen LogP contribution in [0.1, 0.15) is 30.5 Å². The molecule has 1 unspecified atom stereocenters. The molecule has 8 heteroatoms. The number of carbonyl (C=O) groups is 2. The van der Waals surface area contributed by atoms with Gasteiger partial charge in [0.25, 0.3) is 11.7 Å². The Hall–Kier alpha value is -3.65. The van der Waals surface area contributed by atoms with Gasteiger partial charge in [-0.1, -0.05) is 18.7 Å². The molecular weight excluding hydrogens is 434 g/mol. The molecule has 1 atom stereocenters. The Balaban J connectivity index is 2.11. The van der Waals surface area contributed by atoms with Crippen LogP contribution >= 0.6 is 0 Å². The lowest BCUT2D eigenvalue weighted by Crippen LogP contribution is -2.32. The molecule has 1 aromatic heterocycles. The number of carbonyl (C=O) groups excluding carboxylic acids is 2. The largest absolute Gasteiger partial charge is 0.507 e. The first kappa shape index (κ1) is 25.0. The van der Waals surface area contributed by atoms with E-state index in [1.165, 1.54) is 17.3 Å². The van der Waals surface area contributed by atoms with Crippen LogP contribution in [0.15, 0.2) is 61.0 Å². The third-order valence-electron chi connectivity index (χ3n) is 5.44. The monoisotopic (exact) mass is 465 g/mol. The van der Waals surface area contributed by atoms with Gasteiger partial charge in [-0.05, 0) is 63.8 Å². The summed E-state index contributed by atoms with van der Waals surface area (Å²) in [5, 5.41) is 11.1. The molecule has 8 nitrogen and oxygen atoms in total. The lowest BCUT2D eigenvalue weighted by Gasteiger charge is -2.26. The fraction of sp³-hybridized carbons (Fsp3) is 0.346. The molecule has 34 heavy (non-hydrogen) atoms. The zero-order chi connectivity index (χ0) is 24.7. The second-order valence-corrected chi connectivity index (χ2v) is 8.12. The predicted octanol–water partition coefficient (Wildman–Crippen LogP) is 3.42. The number of hydrogen-bond acceptors (Lipinski definition) is 7. The summed E-state index contributed by atoms with van der Waals surface area (Å²) < 4.78 is 11.5. The molecule has 1 saturated heterocycles. The topological polar surface area (TPSA) is 92.2 Å². The molecule has 2 aromatic rings. The summed E-state index contributed by atoms with van der Waals surface area (Å²) in [6.45, 7) is 7.36. The summed E-state index contributed by atoms with van der Waals surface area (Å²) in [7, 11) is 3.90. The predicted molar refractivity (Wildman–Crippen MR) is 130 cm³/mol. The van der Waals surface area contributed by atoms with Gasteiger partial charge in [0, 0.05) is 24.5 Å². The molecule has 0 aliphatic carbocycles. The van der Waals surface area contributed by atoms with Crippen LogP contribution in [0.25, 0.3) is 5.76 Å². The summed E-state index contributed by atoms with van der Waals surface area (Å²) in [4.78, 5) is 33.7. The van der Waals surface area contributed by atoms with Crippen LogP contribution in [0.3, 0.4) is 0 Å². The summed E-state index contributed by atoms with van der Waals surface area (Å²) in [5.74, 6) is -0.557. The van der Waals surface area contributed by atoms with Crippen molar-refractivity contribution in [1.29, 1.82) is 0 Å². The lowest BCUT2D eigenvalue weighted by atomic mass is 9.95. The van der Waals surface area contributed by atoms with Crippen molar-refractivity contribution in [3.05, 3.63) is 72.1 Å². The minimum Gasteiger partial charge on any atom is -0.507 e. The summed E-state index contributed by atoms with van der Waals surface area (Å²) >= 11 is 0. The van der Waals surface area contributed by atoms with Crippen molar-refractivity contribution in [3.8, 4) is 11.5 Å². The fourth-order valence-corrected chi connectivity index (χ4v) is 3.91. The molecule has 1 fully saturated rings. The van der Waals surface area contributed by atoms with Crippen molar-refractivity contribution >= 4 is 17.4 Å². The first-order chi connectivity index (χ1) is 16.4. The first-order valence-electron chi connectivity index (χ1n) is 11.2. The van der Waals surface area contributed by atoms with Gasteiger partial charge >= 0.3 is 0 Å². The van der Waals surface area contributed by atoms with Gasteiger partial charge in [-0.25, -0.2) is 0 Å². The molecule has 1 N–H and O–H groups in total. The molecule has 1 aromatic carbocycles. The number of hydrogen-bond donors (Lipinski definition) is 1. The smallest absolute Gasteiger partial charge is 0.295 e. The number of aliphatic hydroxyl groups is 1. The van der Waals surface area contributed by atoms with Gasteiger partial charge in [0.15, 0.2) is 11.5 Å². The molecule has 0 bridgehead atoms. The van der Waals surface area contributed by atoms with Crippen LogP contribution in [0.4, 0.5) is 0 Å². The Bertz CT molecular complexity index is 1070. The van der Waals surface area contributed by atoms with E-state index in [0.29, 0.717) is 48.8 Å². The van der Waals surface area contributed by atoms with Crippen molar-refractivity contribution in [2.75, 3.05) is 40.4 Å². The maximum atomic E-state index is 13.1. The number of aromatic nitrogens is 1. The highest BCUT2D eigenvalue weighted by atomic mass is 16.5. The molecule has 1 amide bonds. The normalized spacial score (nSPS) is 17.3. The van der Waals surface area contributed by atoms with Gasteiger partial charge in [-0.3, -0.25) is 14.6 Å². The molecular formula is C26H31N3O5. The van der Waals surface area contributed by atoms with Crippen LogP contribution in [0.5, 0.6) is 11.5 Å². The minimum atomic E-state index is -0.761. The molecule has 1 aliphatic rings. The average molecular weight is 466 g/mol. The van der Waals surface area contributed by atoms with E-state index in [1.54, 1.807) is 36.4 Å². The van der Waals surface area contributed by atoms with Crippen LogP contribution in [0, 0.1) is 0 Å². The van der Waals surface area contributed by atoms with E-state index in [1.807, 2.05) is 25.9 Å². The highest BCUT2D eigenvalue weighted by Gasteiger charge is 2.46. The second kappa shape index (κ2) is 11.5. The van der Waals surface area contributed by atoms with Crippen LogP contribution < -0.4 is 9.47 Å². The third kappa shape index (κ3) is 5.46. The van der Waals surface area contributed by atoms with Crippen LogP contribution in [-0.4, -0.2) is 72.0 Å². The van der Waals surface area contributed by atoms with E-state index < -0.39 is 17.7 Å². The number of pyridine rings is 1. The highest BCUT2D eigenvalue weighted by Crippen LogP contribution is 2.42. The number of amides is 1. The van der Waals surface area contributed by atoms with Crippen molar-refractivity contribution in [1.82, 2.24) is 14.8 Å². The molecule has 0 saturated carbocycles. The van der Waals surface area contributed by atoms with Crippen molar-refractivity contribution < 1.29 is 24.2 Å². The van der Waals surface area contributed by atoms with Gasteiger partial charge < -0.3 is 24.4 Å². The van der Waals surface area contributed by atoms with Crippen LogP contribution in [0.2, 0.25) is 0 Å². The molecule has 2 heterocycles. The maximum absolute atomic E-state index is 13.1. The number of ketones is 1. The molecule has 180 valence electrons. The number of Topliss-reactive ketones (excluding diaryl/α,β-unsaturated/α-hetero) is 1. The fourth-order valence-electron chi connectivity index (χ4n) is 3.91. The summed E-state index contributed by atoms with van der Waals surface area (Å²) in [6, 6.07) is 7.74. The summed E-state index contributed by atoms with van der Waals surface area (Å²) in [5.41, 5.74) is 1.11. The zero-order valence-corrected chi connectivity index (χ0v) is 19.9. The van der Waals surface area contributed by atoms with E-state index in [4.69, 9.17) is 9.47 Å². The molecule has 1 aliphatic heterocycles. The maximum Gasteiger partial charge on any atom is 0.295 e. The minimum absolute atomic E-state index is 0.0447. The van der Waals surface area contributed by atoms with E-state index in [-0.39, 0.29) is 11.3 Å². The van der Waals surface area contributed by atoms with Gasteiger partial charge in [-0.2, -0.15) is 0 Å². The number of benzene rings is 1. The number of nitrogens with zero attached hydrogens (tertiary/aromatic N) is 3. The lowest BCUT2D eigenvalue weighted by molar-refractivity contribution is -0.139. The van der Waals surface area contributed by atoms with E-state index in [2.05, 4.69) is 11.6 Å². The highest BCUT2D eigenvalue weighted by molar-refractivity contribution is 6.46. The molecule has 0 radical (unpaired) electrons. The number of ether oxygens (including phenoxy) is 2. The van der Waals surface area contributed by atoms with Gasteiger partial charge in [0.1, 0.15) is 12.4 Å². The standard InChI is InChI=1S/C26H31N3O5/c1-5-16-34-20-9-8-19(17-21(20)33-6-2)23-22(24(30)18-10-12-27-13-11-18)25(31)26(32)29(23)15-7-14-28(3)4/h5,8-13,17,23,30H,1,6-7,14-16H2,2-4H3. The van der Waals surface area contributed by atoms with Gasteiger partial charge in [0.2, 0.25) is 0 Å². The quantitative estimate of drug-likeness (QED) is 0.235. The van der Waals surface area contributed by atoms with E-state index in [0.717, 1.165) is 6.54 Å². The average Bonchev–Trinajstić information content (AvgIpc) is 3.08. The number of likely N-dealkylation sites (tertiary alicyclic amines) is 1. The first-order valence-corrected chi connectivity index (χ1v) is 11.2. The van der Waals surface area contributed by atoms with Crippen molar-refractivity contribution in [2.24, 2.45) is 0 Å².